The summed E-state index contributed by atoms with van der Waals surface area (Å²) in [6, 6.07) is 0. The largest absolute Gasteiger partial charge is 0.481 e. The molecule has 3 rings (SSSR count). The summed E-state index contributed by atoms with van der Waals surface area (Å²) in [5.41, 5.74) is 0. The number of rotatable bonds is 6. The first-order chi connectivity index (χ1) is 9.08. The van der Waals surface area contributed by atoms with Gasteiger partial charge in [0, 0.05) is 18.9 Å². The fourth-order valence-corrected chi connectivity index (χ4v) is 4.54. The Morgan fingerprint density at radius 2 is 1.89 bits per heavy atom. The van der Waals surface area contributed by atoms with Gasteiger partial charge in [-0.3, -0.25) is 9.59 Å². The number of hydrogen-bond donors (Lipinski definition) is 2. The Bertz CT molecular complexity index is 379. The molecule has 2 bridgehead atoms. The van der Waals surface area contributed by atoms with Crippen LogP contribution in [0.5, 0.6) is 0 Å². The standard InChI is InChI=1S/C15H23NO3/c1-8(2-5-11(17)18)7-16-15(19)14-12-9-3-4-10(6-9)13(12)14/h8-10,12-14H,2-7H2,1H3,(H,16,19)(H,17,18). The van der Waals surface area contributed by atoms with Crippen molar-refractivity contribution in [1.82, 2.24) is 5.32 Å². The van der Waals surface area contributed by atoms with Crippen LogP contribution in [0, 0.1) is 35.5 Å². The second-order valence-corrected chi connectivity index (χ2v) is 6.80. The van der Waals surface area contributed by atoms with Crippen molar-refractivity contribution < 1.29 is 14.7 Å². The van der Waals surface area contributed by atoms with Crippen LogP contribution in [-0.4, -0.2) is 23.5 Å². The summed E-state index contributed by atoms with van der Waals surface area (Å²) in [5.74, 6) is 3.04. The molecule has 0 aromatic carbocycles. The van der Waals surface area contributed by atoms with Crippen LogP contribution < -0.4 is 5.32 Å². The second kappa shape index (κ2) is 4.80. The number of carboxylic acids is 1. The quantitative estimate of drug-likeness (QED) is 0.770. The molecular formula is C15H23NO3. The molecule has 3 aliphatic carbocycles. The fourth-order valence-electron chi connectivity index (χ4n) is 4.54. The normalized spacial score (nSPS) is 39.7. The van der Waals surface area contributed by atoms with E-state index in [-0.39, 0.29) is 24.2 Å². The molecule has 0 heterocycles. The van der Waals surface area contributed by atoms with E-state index in [4.69, 9.17) is 5.11 Å². The van der Waals surface area contributed by atoms with E-state index in [2.05, 4.69) is 5.32 Å². The fraction of sp³-hybridized carbons (Fsp3) is 0.867. The van der Waals surface area contributed by atoms with E-state index in [1.165, 1.54) is 19.3 Å². The summed E-state index contributed by atoms with van der Waals surface area (Å²) in [6.45, 7) is 2.62. The van der Waals surface area contributed by atoms with Crippen molar-refractivity contribution in [1.29, 1.82) is 0 Å². The molecular weight excluding hydrogens is 242 g/mol. The van der Waals surface area contributed by atoms with Crippen molar-refractivity contribution in [2.24, 2.45) is 35.5 Å². The Morgan fingerprint density at radius 3 is 2.47 bits per heavy atom. The summed E-state index contributed by atoms with van der Waals surface area (Å²) in [7, 11) is 0. The first-order valence-electron chi connectivity index (χ1n) is 7.57. The van der Waals surface area contributed by atoms with Gasteiger partial charge in [-0.05, 0) is 55.3 Å². The Morgan fingerprint density at radius 1 is 1.26 bits per heavy atom. The minimum absolute atomic E-state index is 0.190. The lowest BCUT2D eigenvalue weighted by molar-refractivity contribution is -0.137. The molecule has 3 fully saturated rings. The Balaban J connectivity index is 1.40. The van der Waals surface area contributed by atoms with E-state index in [0.717, 1.165) is 11.8 Å². The highest BCUT2D eigenvalue weighted by Gasteiger charge is 2.67. The predicted molar refractivity (Wildman–Crippen MR) is 70.3 cm³/mol. The molecule has 0 aliphatic heterocycles. The molecule has 3 aliphatic rings. The summed E-state index contributed by atoms with van der Waals surface area (Å²) in [6.07, 6.45) is 4.87. The molecule has 3 saturated carbocycles. The third-order valence-corrected chi connectivity index (χ3v) is 5.51. The van der Waals surface area contributed by atoms with E-state index >= 15 is 0 Å². The van der Waals surface area contributed by atoms with Gasteiger partial charge >= 0.3 is 5.97 Å². The first kappa shape index (κ1) is 12.9. The van der Waals surface area contributed by atoms with Crippen LogP contribution in [0.3, 0.4) is 0 Å². The molecule has 106 valence electrons. The molecule has 0 saturated heterocycles. The van der Waals surface area contributed by atoms with E-state index < -0.39 is 5.97 Å². The Kier molecular flexibility index (Phi) is 3.27. The molecule has 2 N–H and O–H groups in total. The SMILES string of the molecule is CC(CCC(=O)O)CNC(=O)C1C2C3CCC(C3)C12. The molecule has 4 heteroatoms. The molecule has 0 radical (unpaired) electrons. The van der Waals surface area contributed by atoms with E-state index in [1.54, 1.807) is 0 Å². The van der Waals surface area contributed by atoms with Crippen LogP contribution in [0.2, 0.25) is 0 Å². The van der Waals surface area contributed by atoms with E-state index in [0.29, 0.717) is 24.8 Å². The number of nitrogens with one attached hydrogen (secondary N) is 1. The van der Waals surface area contributed by atoms with Gasteiger partial charge < -0.3 is 10.4 Å². The van der Waals surface area contributed by atoms with Gasteiger partial charge in [0.05, 0.1) is 0 Å². The van der Waals surface area contributed by atoms with Gasteiger partial charge in [-0.15, -0.1) is 0 Å². The van der Waals surface area contributed by atoms with Gasteiger partial charge in [0.25, 0.3) is 0 Å². The number of aliphatic carboxylic acids is 1. The molecule has 19 heavy (non-hydrogen) atoms. The minimum atomic E-state index is -0.758. The number of hydrogen-bond acceptors (Lipinski definition) is 2. The van der Waals surface area contributed by atoms with Gasteiger partial charge in [-0.25, -0.2) is 0 Å². The van der Waals surface area contributed by atoms with E-state index in [9.17, 15) is 9.59 Å². The number of carbonyl (C=O) groups is 2. The lowest BCUT2D eigenvalue weighted by Gasteiger charge is -2.13. The van der Waals surface area contributed by atoms with Gasteiger partial charge in [0.2, 0.25) is 5.91 Å². The van der Waals surface area contributed by atoms with Crippen LogP contribution in [0.15, 0.2) is 0 Å². The van der Waals surface area contributed by atoms with E-state index in [1.807, 2.05) is 6.92 Å². The summed E-state index contributed by atoms with van der Waals surface area (Å²) in [4.78, 5) is 22.6. The smallest absolute Gasteiger partial charge is 0.303 e. The van der Waals surface area contributed by atoms with Gasteiger partial charge in [0.15, 0.2) is 0 Å². The molecule has 0 aromatic rings. The van der Waals surface area contributed by atoms with Crippen LogP contribution in [0.25, 0.3) is 0 Å². The average molecular weight is 265 g/mol. The molecule has 1 amide bonds. The maximum Gasteiger partial charge on any atom is 0.303 e. The molecule has 0 spiro atoms. The highest BCUT2D eigenvalue weighted by Crippen LogP contribution is 2.69. The third-order valence-electron chi connectivity index (χ3n) is 5.51. The lowest BCUT2D eigenvalue weighted by atomic mass is 10.0. The molecule has 5 unspecified atom stereocenters. The van der Waals surface area contributed by atoms with Crippen LogP contribution in [0.1, 0.15) is 39.0 Å². The van der Waals surface area contributed by atoms with Crippen molar-refractivity contribution in [2.75, 3.05) is 6.54 Å². The van der Waals surface area contributed by atoms with Gasteiger partial charge in [0.1, 0.15) is 0 Å². The van der Waals surface area contributed by atoms with Gasteiger partial charge in [-0.1, -0.05) is 6.92 Å². The second-order valence-electron chi connectivity index (χ2n) is 6.80. The number of amides is 1. The van der Waals surface area contributed by atoms with Crippen molar-refractivity contribution >= 4 is 11.9 Å². The van der Waals surface area contributed by atoms with Crippen LogP contribution in [-0.2, 0) is 9.59 Å². The summed E-state index contributed by atoms with van der Waals surface area (Å²) in [5, 5.41) is 11.7. The maximum atomic E-state index is 12.2. The van der Waals surface area contributed by atoms with Crippen molar-refractivity contribution in [3.8, 4) is 0 Å². The average Bonchev–Trinajstić information content (AvgIpc) is 2.82. The van der Waals surface area contributed by atoms with Crippen LogP contribution in [0.4, 0.5) is 0 Å². The number of carbonyl (C=O) groups excluding carboxylic acids is 1. The maximum absolute atomic E-state index is 12.2. The zero-order chi connectivity index (χ0) is 13.6. The highest BCUT2D eigenvalue weighted by atomic mass is 16.4. The predicted octanol–water partition coefficient (Wildman–Crippen LogP) is 1.90. The van der Waals surface area contributed by atoms with Crippen molar-refractivity contribution in [2.45, 2.75) is 39.0 Å². The third kappa shape index (κ3) is 2.37. The lowest BCUT2D eigenvalue weighted by Crippen LogP contribution is -2.31. The monoisotopic (exact) mass is 265 g/mol. The molecule has 5 atom stereocenters. The zero-order valence-corrected chi connectivity index (χ0v) is 11.5. The van der Waals surface area contributed by atoms with Crippen molar-refractivity contribution in [3.05, 3.63) is 0 Å². The number of carboxylic acid groups (broad SMARTS) is 1. The van der Waals surface area contributed by atoms with Gasteiger partial charge in [-0.2, -0.15) is 0 Å². The van der Waals surface area contributed by atoms with Crippen molar-refractivity contribution in [3.63, 3.8) is 0 Å². The number of fused-ring (bicyclic) bond motifs is 5. The minimum Gasteiger partial charge on any atom is -0.481 e. The zero-order valence-electron chi connectivity index (χ0n) is 11.5. The summed E-state index contributed by atoms with van der Waals surface area (Å²) >= 11 is 0. The first-order valence-corrected chi connectivity index (χ1v) is 7.57. The topological polar surface area (TPSA) is 66.4 Å². The molecule has 4 nitrogen and oxygen atoms in total. The Hall–Kier alpha value is -1.06. The summed E-state index contributed by atoms with van der Waals surface area (Å²) < 4.78 is 0. The highest BCUT2D eigenvalue weighted by molar-refractivity contribution is 5.82. The Labute approximate surface area is 113 Å². The van der Waals surface area contributed by atoms with Crippen LogP contribution >= 0.6 is 0 Å². The molecule has 0 aromatic heterocycles.